The van der Waals surface area contributed by atoms with E-state index in [1.165, 1.54) is 31.4 Å². The Morgan fingerprint density at radius 2 is 1.79 bits per heavy atom. The number of benzene rings is 2. The van der Waals surface area contributed by atoms with Gasteiger partial charge in [0, 0.05) is 5.69 Å². The molecule has 2 aromatic rings. The van der Waals surface area contributed by atoms with Crippen LogP contribution < -0.4 is 14.8 Å². The Labute approximate surface area is 192 Å². The molecule has 0 bridgehead atoms. The fourth-order valence-corrected chi connectivity index (χ4v) is 4.70. The van der Waals surface area contributed by atoms with E-state index in [0.29, 0.717) is 24.3 Å². The highest BCUT2D eigenvalue weighted by Crippen LogP contribution is 2.27. The van der Waals surface area contributed by atoms with Gasteiger partial charge in [0.1, 0.15) is 11.3 Å². The molecule has 174 valence electrons. The monoisotopic (exact) mass is 471 g/mol. The predicted molar refractivity (Wildman–Crippen MR) is 120 cm³/mol. The van der Waals surface area contributed by atoms with Crippen LogP contribution in [0.25, 0.3) is 0 Å². The SMILES string of the molecule is COc1ccc(NS(=O)(=O)c2cccc(C(=O)OCC(=O)NC3(C#N)CCCCC3)c2)cc1. The van der Waals surface area contributed by atoms with E-state index in [2.05, 4.69) is 16.1 Å². The Morgan fingerprint density at radius 1 is 1.09 bits per heavy atom. The number of hydrogen-bond donors (Lipinski definition) is 2. The highest BCUT2D eigenvalue weighted by Gasteiger charge is 2.33. The minimum Gasteiger partial charge on any atom is -0.497 e. The van der Waals surface area contributed by atoms with Gasteiger partial charge in [0.2, 0.25) is 0 Å². The molecule has 0 aliphatic heterocycles. The normalized spacial score (nSPS) is 15.0. The molecule has 0 saturated heterocycles. The van der Waals surface area contributed by atoms with Crippen molar-refractivity contribution < 1.29 is 27.5 Å². The van der Waals surface area contributed by atoms with Gasteiger partial charge in [-0.25, -0.2) is 13.2 Å². The second kappa shape index (κ2) is 10.4. The fourth-order valence-electron chi connectivity index (χ4n) is 3.60. The summed E-state index contributed by atoms with van der Waals surface area (Å²) in [5, 5.41) is 12.1. The quantitative estimate of drug-likeness (QED) is 0.565. The Bertz CT molecular complexity index is 1150. The van der Waals surface area contributed by atoms with Crippen LogP contribution in [0.5, 0.6) is 5.75 Å². The standard InChI is InChI=1S/C23H25N3O6S/c1-31-19-10-8-18(9-11-19)26-33(29,30)20-7-5-6-17(14-20)22(28)32-15-21(27)25-23(16-24)12-3-2-4-13-23/h5-11,14,26H,2-4,12-13,15H2,1H3,(H,25,27). The van der Waals surface area contributed by atoms with Gasteiger partial charge in [-0.3, -0.25) is 9.52 Å². The van der Waals surface area contributed by atoms with Crippen LogP contribution in [-0.4, -0.2) is 39.5 Å². The molecular formula is C23H25N3O6S. The molecule has 1 fully saturated rings. The highest BCUT2D eigenvalue weighted by molar-refractivity contribution is 7.92. The minimum atomic E-state index is -3.96. The Morgan fingerprint density at radius 3 is 2.42 bits per heavy atom. The fraction of sp³-hybridized carbons (Fsp3) is 0.348. The van der Waals surface area contributed by atoms with Crippen molar-refractivity contribution in [1.29, 1.82) is 5.26 Å². The van der Waals surface area contributed by atoms with Gasteiger partial charge >= 0.3 is 5.97 Å². The molecule has 3 rings (SSSR count). The van der Waals surface area contributed by atoms with Crippen molar-refractivity contribution in [2.75, 3.05) is 18.4 Å². The molecule has 0 aromatic heterocycles. The zero-order valence-corrected chi connectivity index (χ0v) is 19.0. The number of amides is 1. The average molecular weight is 472 g/mol. The first kappa shape index (κ1) is 24.1. The van der Waals surface area contributed by atoms with Gasteiger partial charge in [-0.1, -0.05) is 25.3 Å². The molecule has 0 radical (unpaired) electrons. The number of nitrogens with one attached hydrogen (secondary N) is 2. The zero-order chi connectivity index (χ0) is 23.9. The second-order valence-corrected chi connectivity index (χ2v) is 9.42. The Hall–Kier alpha value is -3.58. The van der Waals surface area contributed by atoms with E-state index in [1.54, 1.807) is 24.3 Å². The third-order valence-electron chi connectivity index (χ3n) is 5.36. The number of anilines is 1. The van der Waals surface area contributed by atoms with Crippen molar-refractivity contribution in [1.82, 2.24) is 5.32 Å². The molecule has 9 nitrogen and oxygen atoms in total. The first-order valence-corrected chi connectivity index (χ1v) is 11.9. The zero-order valence-electron chi connectivity index (χ0n) is 18.2. The van der Waals surface area contributed by atoms with Crippen LogP contribution in [0.15, 0.2) is 53.4 Å². The number of esters is 1. The Kier molecular flexibility index (Phi) is 7.55. The summed E-state index contributed by atoms with van der Waals surface area (Å²) >= 11 is 0. The van der Waals surface area contributed by atoms with Gasteiger partial charge in [0.05, 0.1) is 23.6 Å². The maximum atomic E-state index is 12.7. The summed E-state index contributed by atoms with van der Waals surface area (Å²) in [6, 6.07) is 13.8. The number of nitriles is 1. The molecule has 0 atom stereocenters. The second-order valence-electron chi connectivity index (χ2n) is 7.74. The molecule has 1 aliphatic rings. The van der Waals surface area contributed by atoms with Gasteiger partial charge in [-0.2, -0.15) is 5.26 Å². The number of carbonyl (C=O) groups is 2. The third-order valence-corrected chi connectivity index (χ3v) is 6.74. The van der Waals surface area contributed by atoms with Gasteiger partial charge in [-0.05, 0) is 55.3 Å². The lowest BCUT2D eigenvalue weighted by Gasteiger charge is -2.31. The lowest BCUT2D eigenvalue weighted by atomic mass is 9.83. The number of hydrogen-bond acceptors (Lipinski definition) is 7. The van der Waals surface area contributed by atoms with Crippen molar-refractivity contribution in [3.8, 4) is 11.8 Å². The first-order valence-electron chi connectivity index (χ1n) is 10.4. The molecule has 1 amide bonds. The van der Waals surface area contributed by atoms with E-state index >= 15 is 0 Å². The van der Waals surface area contributed by atoms with Gasteiger partial charge < -0.3 is 14.8 Å². The summed E-state index contributed by atoms with van der Waals surface area (Å²) in [5.41, 5.74) is -0.620. The van der Waals surface area contributed by atoms with Crippen molar-refractivity contribution in [2.45, 2.75) is 42.5 Å². The van der Waals surface area contributed by atoms with E-state index in [9.17, 15) is 23.3 Å². The van der Waals surface area contributed by atoms with Crippen LogP contribution >= 0.6 is 0 Å². The largest absolute Gasteiger partial charge is 0.497 e. The summed E-state index contributed by atoms with van der Waals surface area (Å²) < 4.78 is 37.9. The number of rotatable bonds is 8. The van der Waals surface area contributed by atoms with Crippen molar-refractivity contribution in [3.63, 3.8) is 0 Å². The lowest BCUT2D eigenvalue weighted by Crippen LogP contribution is -2.50. The summed E-state index contributed by atoms with van der Waals surface area (Å²) in [6.45, 7) is -0.566. The van der Waals surface area contributed by atoms with Crippen LogP contribution in [0, 0.1) is 11.3 Å². The number of ether oxygens (including phenoxy) is 2. The summed E-state index contributed by atoms with van der Waals surface area (Å²) in [5.74, 6) is -0.839. The maximum absolute atomic E-state index is 12.7. The topological polar surface area (TPSA) is 135 Å². The van der Waals surface area contributed by atoms with Gasteiger partial charge in [0.25, 0.3) is 15.9 Å². The van der Waals surface area contributed by atoms with Crippen LogP contribution in [0.1, 0.15) is 42.5 Å². The lowest BCUT2D eigenvalue weighted by molar-refractivity contribution is -0.125. The van der Waals surface area contributed by atoms with Crippen molar-refractivity contribution in [2.24, 2.45) is 0 Å². The average Bonchev–Trinajstić information content (AvgIpc) is 2.83. The number of methoxy groups -OCH3 is 1. The van der Waals surface area contributed by atoms with E-state index < -0.39 is 34.0 Å². The van der Waals surface area contributed by atoms with Gasteiger partial charge in [-0.15, -0.1) is 0 Å². The van der Waals surface area contributed by atoms with Crippen molar-refractivity contribution >= 4 is 27.6 Å². The predicted octanol–water partition coefficient (Wildman–Crippen LogP) is 3.00. The third kappa shape index (κ3) is 6.23. The molecule has 0 spiro atoms. The number of carbonyl (C=O) groups excluding carboxylic acids is 2. The highest BCUT2D eigenvalue weighted by atomic mass is 32.2. The number of sulfonamides is 1. The number of nitrogens with zero attached hydrogens (tertiary/aromatic N) is 1. The summed E-state index contributed by atoms with van der Waals surface area (Å²) in [6.07, 6.45) is 3.83. The van der Waals surface area contributed by atoms with Crippen LogP contribution in [0.3, 0.4) is 0 Å². The molecule has 0 unspecified atom stereocenters. The van der Waals surface area contributed by atoms with Crippen LogP contribution in [0.4, 0.5) is 5.69 Å². The maximum Gasteiger partial charge on any atom is 0.338 e. The molecule has 1 aliphatic carbocycles. The first-order chi connectivity index (χ1) is 15.8. The van der Waals surface area contributed by atoms with Crippen LogP contribution in [0.2, 0.25) is 0 Å². The molecule has 2 aromatic carbocycles. The van der Waals surface area contributed by atoms with Crippen molar-refractivity contribution in [3.05, 3.63) is 54.1 Å². The minimum absolute atomic E-state index is 0.0203. The molecule has 1 saturated carbocycles. The summed E-state index contributed by atoms with van der Waals surface area (Å²) in [7, 11) is -2.46. The smallest absolute Gasteiger partial charge is 0.338 e. The van der Waals surface area contributed by atoms with E-state index in [0.717, 1.165) is 19.3 Å². The molecule has 10 heteroatoms. The van der Waals surface area contributed by atoms with Gasteiger partial charge in [0.15, 0.2) is 6.61 Å². The molecule has 0 heterocycles. The van der Waals surface area contributed by atoms with E-state index in [4.69, 9.17) is 9.47 Å². The molecule has 33 heavy (non-hydrogen) atoms. The van der Waals surface area contributed by atoms with E-state index in [1.807, 2.05) is 0 Å². The summed E-state index contributed by atoms with van der Waals surface area (Å²) in [4.78, 5) is 24.5. The molecule has 2 N–H and O–H groups in total. The van der Waals surface area contributed by atoms with Crippen LogP contribution in [-0.2, 0) is 19.6 Å². The molecular weight excluding hydrogens is 446 g/mol. The van der Waals surface area contributed by atoms with E-state index in [-0.39, 0.29) is 10.5 Å². The Balaban J connectivity index is 1.62.